The van der Waals surface area contributed by atoms with E-state index in [0.29, 0.717) is 30.4 Å². The predicted molar refractivity (Wildman–Crippen MR) is 130 cm³/mol. The molecule has 0 spiro atoms. The monoisotopic (exact) mass is 478 g/mol. The van der Waals surface area contributed by atoms with E-state index in [1.165, 1.54) is 0 Å². The van der Waals surface area contributed by atoms with Crippen LogP contribution in [0.5, 0.6) is 0 Å². The summed E-state index contributed by atoms with van der Waals surface area (Å²) in [4.78, 5) is 26.1. The standard InChI is InChI=1S/C27H42O7/c1-7-8-9-10-21-12-11-17(2)24(30)26(5,6)25(31)19(4)13-18(3)22-14-20(28)15-27(32,34-22)16-23(29)33-21/h7-8,11,13,19-22,24,28,30,32H,9-10,12,14-16H2,1-6H3/t19-,20-,21+,22-,24+,27+/m0/s1. The first-order valence-electron chi connectivity index (χ1n) is 12.2. The molecule has 2 heterocycles. The molecule has 0 aromatic carbocycles. The third-order valence-corrected chi connectivity index (χ3v) is 6.90. The normalized spacial score (nSPS) is 36.1. The summed E-state index contributed by atoms with van der Waals surface area (Å²) in [6, 6.07) is 0. The SMILES string of the molecule is CC=CCC[C@@H]1CC=C(C)[C@@H](O)C(C)(C)C(=O)[C@@H](C)C=C(C)[C@@H]2C[C@H](O)C[C@](O)(CC(=O)O1)O2. The molecule has 2 rings (SSSR count). The number of hydrogen-bond donors (Lipinski definition) is 3. The van der Waals surface area contributed by atoms with Gasteiger partial charge in [0, 0.05) is 25.2 Å². The summed E-state index contributed by atoms with van der Waals surface area (Å²) in [6.45, 7) is 10.7. The van der Waals surface area contributed by atoms with Gasteiger partial charge < -0.3 is 24.8 Å². The van der Waals surface area contributed by atoms with Crippen LogP contribution in [-0.2, 0) is 19.1 Å². The zero-order chi connectivity index (χ0) is 25.7. The molecule has 2 bridgehead atoms. The minimum atomic E-state index is -1.85. The molecule has 0 aromatic rings. The van der Waals surface area contributed by atoms with Crippen LogP contribution in [0.25, 0.3) is 0 Å². The molecule has 1 fully saturated rings. The molecule has 2 aliphatic heterocycles. The molecule has 6 atom stereocenters. The van der Waals surface area contributed by atoms with Crippen molar-refractivity contribution in [2.75, 3.05) is 0 Å². The zero-order valence-electron chi connectivity index (χ0n) is 21.4. The molecule has 0 unspecified atom stereocenters. The maximum Gasteiger partial charge on any atom is 0.311 e. The van der Waals surface area contributed by atoms with Crippen LogP contribution in [0.4, 0.5) is 0 Å². The van der Waals surface area contributed by atoms with Crippen LogP contribution in [0, 0.1) is 11.3 Å². The van der Waals surface area contributed by atoms with Crippen molar-refractivity contribution < 1.29 is 34.4 Å². The third-order valence-electron chi connectivity index (χ3n) is 6.90. The molecule has 0 radical (unpaired) electrons. The molecule has 7 heteroatoms. The average Bonchev–Trinajstić information content (AvgIpc) is 2.74. The van der Waals surface area contributed by atoms with E-state index in [1.807, 2.05) is 25.2 Å². The van der Waals surface area contributed by atoms with Crippen molar-refractivity contribution in [3.05, 3.63) is 35.5 Å². The van der Waals surface area contributed by atoms with E-state index in [1.54, 1.807) is 40.7 Å². The Morgan fingerprint density at radius 3 is 2.50 bits per heavy atom. The number of fused-ring (bicyclic) bond motifs is 2. The van der Waals surface area contributed by atoms with Gasteiger partial charge in [0.05, 0.1) is 30.1 Å². The number of carbonyl (C=O) groups is 2. The number of aliphatic hydroxyl groups is 3. The van der Waals surface area contributed by atoms with Crippen LogP contribution >= 0.6 is 0 Å². The Kier molecular flexibility index (Phi) is 9.83. The Hall–Kier alpha value is -1.80. The molecular weight excluding hydrogens is 436 g/mol. The lowest BCUT2D eigenvalue weighted by atomic mass is 9.74. The van der Waals surface area contributed by atoms with Crippen molar-refractivity contribution in [2.24, 2.45) is 11.3 Å². The predicted octanol–water partition coefficient (Wildman–Crippen LogP) is 3.76. The van der Waals surface area contributed by atoms with Crippen LogP contribution in [0.1, 0.15) is 80.1 Å². The van der Waals surface area contributed by atoms with E-state index in [4.69, 9.17) is 9.47 Å². The lowest BCUT2D eigenvalue weighted by Crippen LogP contribution is -2.48. The van der Waals surface area contributed by atoms with Gasteiger partial charge in [-0.1, -0.05) is 45.1 Å². The molecular formula is C27H42O7. The maximum atomic E-state index is 13.3. The quantitative estimate of drug-likeness (QED) is 0.418. The summed E-state index contributed by atoms with van der Waals surface area (Å²) >= 11 is 0. The molecule has 7 nitrogen and oxygen atoms in total. The topological polar surface area (TPSA) is 113 Å². The van der Waals surface area contributed by atoms with E-state index >= 15 is 0 Å². The van der Waals surface area contributed by atoms with Gasteiger partial charge in [-0.25, -0.2) is 0 Å². The number of Topliss-reactive ketones (excluding diaryl/α,β-unsaturated/α-hetero) is 1. The lowest BCUT2D eigenvalue weighted by molar-refractivity contribution is -0.267. The van der Waals surface area contributed by atoms with Crippen LogP contribution < -0.4 is 0 Å². The number of hydrogen-bond acceptors (Lipinski definition) is 7. The van der Waals surface area contributed by atoms with Crippen molar-refractivity contribution >= 4 is 11.8 Å². The minimum absolute atomic E-state index is 0.0954. The maximum absolute atomic E-state index is 13.3. The molecule has 2 aliphatic rings. The first-order chi connectivity index (χ1) is 15.8. The van der Waals surface area contributed by atoms with Gasteiger partial charge >= 0.3 is 5.97 Å². The second kappa shape index (κ2) is 11.8. The van der Waals surface area contributed by atoms with E-state index in [9.17, 15) is 24.9 Å². The largest absolute Gasteiger partial charge is 0.462 e. The second-order valence-electron chi connectivity index (χ2n) is 10.5. The molecule has 1 saturated heterocycles. The third kappa shape index (κ3) is 7.35. The van der Waals surface area contributed by atoms with E-state index in [0.717, 1.165) is 0 Å². The molecule has 0 aliphatic carbocycles. The fraction of sp³-hybridized carbons (Fsp3) is 0.704. The molecule has 0 amide bonds. The van der Waals surface area contributed by atoms with Crippen molar-refractivity contribution in [1.82, 2.24) is 0 Å². The highest BCUT2D eigenvalue weighted by Gasteiger charge is 2.43. The van der Waals surface area contributed by atoms with Gasteiger partial charge in [0.25, 0.3) is 0 Å². The van der Waals surface area contributed by atoms with Crippen LogP contribution in [0.15, 0.2) is 35.5 Å². The van der Waals surface area contributed by atoms with Gasteiger partial charge in [-0.15, -0.1) is 0 Å². The number of ketones is 1. The molecule has 3 N–H and O–H groups in total. The number of cyclic esters (lactones) is 1. The molecule has 192 valence electrons. The van der Waals surface area contributed by atoms with Crippen molar-refractivity contribution in [3.63, 3.8) is 0 Å². The Bertz CT molecular complexity index is 825. The summed E-state index contributed by atoms with van der Waals surface area (Å²) < 4.78 is 11.6. The highest BCUT2D eigenvalue weighted by Crippen LogP contribution is 2.36. The number of allylic oxidation sites excluding steroid dienone is 3. The van der Waals surface area contributed by atoms with E-state index in [-0.39, 0.29) is 18.6 Å². The zero-order valence-corrected chi connectivity index (χ0v) is 21.4. The Morgan fingerprint density at radius 1 is 1.18 bits per heavy atom. The van der Waals surface area contributed by atoms with Crippen LogP contribution in [0.2, 0.25) is 0 Å². The lowest BCUT2D eigenvalue weighted by Gasteiger charge is -2.40. The molecule has 0 aromatic heterocycles. The molecule has 34 heavy (non-hydrogen) atoms. The number of ether oxygens (including phenoxy) is 2. The Morgan fingerprint density at radius 2 is 1.85 bits per heavy atom. The fourth-order valence-corrected chi connectivity index (χ4v) is 4.88. The number of aliphatic hydroxyl groups excluding tert-OH is 2. The second-order valence-corrected chi connectivity index (χ2v) is 10.5. The summed E-state index contributed by atoms with van der Waals surface area (Å²) in [5.41, 5.74) is 0.284. The smallest absolute Gasteiger partial charge is 0.311 e. The van der Waals surface area contributed by atoms with Gasteiger partial charge in [-0.05, 0) is 44.8 Å². The van der Waals surface area contributed by atoms with E-state index in [2.05, 4.69) is 0 Å². The summed E-state index contributed by atoms with van der Waals surface area (Å²) in [6.07, 6.45) is 5.90. The first kappa shape index (κ1) is 28.4. The number of esters is 1. The van der Waals surface area contributed by atoms with Gasteiger partial charge in [0.15, 0.2) is 5.79 Å². The van der Waals surface area contributed by atoms with Crippen molar-refractivity contribution in [2.45, 2.75) is 110 Å². The van der Waals surface area contributed by atoms with Crippen molar-refractivity contribution in [3.8, 4) is 0 Å². The Balaban J connectivity index is 2.44. The van der Waals surface area contributed by atoms with Crippen LogP contribution in [0.3, 0.4) is 0 Å². The highest BCUT2D eigenvalue weighted by atomic mass is 16.6. The summed E-state index contributed by atoms with van der Waals surface area (Å²) in [5.74, 6) is -3.10. The van der Waals surface area contributed by atoms with Gasteiger partial charge in [0.1, 0.15) is 11.9 Å². The van der Waals surface area contributed by atoms with Crippen molar-refractivity contribution in [1.29, 1.82) is 0 Å². The van der Waals surface area contributed by atoms with Crippen LogP contribution in [-0.4, -0.2) is 57.3 Å². The molecule has 0 saturated carbocycles. The number of carbonyl (C=O) groups excluding carboxylic acids is 2. The first-order valence-corrected chi connectivity index (χ1v) is 12.2. The fourth-order valence-electron chi connectivity index (χ4n) is 4.88. The summed E-state index contributed by atoms with van der Waals surface area (Å²) in [5, 5.41) is 32.4. The minimum Gasteiger partial charge on any atom is -0.462 e. The van der Waals surface area contributed by atoms with E-state index < -0.39 is 53.9 Å². The van der Waals surface area contributed by atoms with Gasteiger partial charge in [-0.3, -0.25) is 9.59 Å². The Labute approximate surface area is 203 Å². The highest BCUT2D eigenvalue weighted by molar-refractivity contribution is 5.88. The van der Waals surface area contributed by atoms with Gasteiger partial charge in [0.2, 0.25) is 0 Å². The average molecular weight is 479 g/mol. The number of rotatable bonds is 3. The summed E-state index contributed by atoms with van der Waals surface area (Å²) in [7, 11) is 0. The van der Waals surface area contributed by atoms with Gasteiger partial charge in [-0.2, -0.15) is 0 Å².